The molecule has 0 spiro atoms. The van der Waals surface area contributed by atoms with E-state index in [-0.39, 0.29) is 5.82 Å². The molecule has 1 aromatic heterocycles. The van der Waals surface area contributed by atoms with Crippen LogP contribution in [-0.4, -0.2) is 88.1 Å². The SMILES string of the molecule is Nc1ccn([C@@H]2O[C@H](COC(C(O)CO)P(=O)(O)OP(=O)(O)O)[C@@H](O)[C@H]2O)c(=O)n1. The summed E-state index contributed by atoms with van der Waals surface area (Å²) >= 11 is 0. The van der Waals surface area contributed by atoms with E-state index >= 15 is 0 Å². The Labute approximate surface area is 167 Å². The van der Waals surface area contributed by atoms with Crippen LogP contribution in [0.5, 0.6) is 0 Å². The topological polar surface area (TPSA) is 264 Å². The van der Waals surface area contributed by atoms with Crippen LogP contribution in [0.3, 0.4) is 0 Å². The summed E-state index contributed by atoms with van der Waals surface area (Å²) < 4.78 is 37.8. The van der Waals surface area contributed by atoms with Crippen LogP contribution in [0, 0.1) is 0 Å². The Hall–Kier alpha value is -1.26. The van der Waals surface area contributed by atoms with Crippen molar-refractivity contribution in [2.75, 3.05) is 18.9 Å². The van der Waals surface area contributed by atoms with Crippen molar-refractivity contribution in [3.8, 4) is 0 Å². The van der Waals surface area contributed by atoms with Gasteiger partial charge in [0.15, 0.2) is 12.1 Å². The van der Waals surface area contributed by atoms with E-state index in [1.807, 2.05) is 0 Å². The highest BCUT2D eigenvalue weighted by Crippen LogP contribution is 2.60. The van der Waals surface area contributed by atoms with E-state index in [0.29, 0.717) is 0 Å². The van der Waals surface area contributed by atoms with E-state index in [2.05, 4.69) is 9.29 Å². The van der Waals surface area contributed by atoms with Gasteiger partial charge in [-0.25, -0.2) is 13.7 Å². The fraction of sp³-hybridized carbons (Fsp3) is 0.667. The first-order valence-corrected chi connectivity index (χ1v) is 11.3. The molecule has 2 rings (SSSR count). The van der Waals surface area contributed by atoms with Crippen LogP contribution in [0.1, 0.15) is 6.23 Å². The van der Waals surface area contributed by atoms with E-state index in [0.717, 1.165) is 10.8 Å². The summed E-state index contributed by atoms with van der Waals surface area (Å²) in [6.45, 7) is -1.96. The fourth-order valence-electron chi connectivity index (χ4n) is 2.62. The number of nitrogens with zero attached hydrogens (tertiary/aromatic N) is 2. The molecule has 30 heavy (non-hydrogen) atoms. The second-order valence-corrected chi connectivity index (χ2v) is 9.47. The third-order valence-corrected chi connectivity index (χ3v) is 6.88. The first-order chi connectivity index (χ1) is 13.8. The van der Waals surface area contributed by atoms with Crippen molar-refractivity contribution in [3.63, 3.8) is 0 Å². The average molecular weight is 477 g/mol. The molecule has 0 amide bonds. The van der Waals surface area contributed by atoms with Gasteiger partial charge in [-0.1, -0.05) is 0 Å². The van der Waals surface area contributed by atoms with E-state index in [1.54, 1.807) is 0 Å². The Morgan fingerprint density at radius 3 is 2.43 bits per heavy atom. The number of nitrogens with two attached hydrogens (primary N) is 1. The molecule has 18 heteroatoms. The smallest absolute Gasteiger partial charge is 0.394 e. The van der Waals surface area contributed by atoms with E-state index < -0.39 is 70.8 Å². The second kappa shape index (κ2) is 9.48. The Morgan fingerprint density at radius 2 is 1.90 bits per heavy atom. The molecule has 3 unspecified atom stereocenters. The predicted molar refractivity (Wildman–Crippen MR) is 94.6 cm³/mol. The minimum absolute atomic E-state index is 0.103. The number of aromatic nitrogens is 2. The first kappa shape index (κ1) is 25.0. The highest BCUT2D eigenvalue weighted by Gasteiger charge is 2.48. The second-order valence-electron chi connectivity index (χ2n) is 6.20. The summed E-state index contributed by atoms with van der Waals surface area (Å²) in [4.78, 5) is 42.5. The molecule has 7 atom stereocenters. The Bertz CT molecular complexity index is 890. The fourth-order valence-corrected chi connectivity index (χ4v) is 5.02. The van der Waals surface area contributed by atoms with E-state index in [1.165, 1.54) is 6.07 Å². The maximum Gasteiger partial charge on any atom is 0.476 e. The van der Waals surface area contributed by atoms with Gasteiger partial charge in [-0.15, -0.1) is 0 Å². The lowest BCUT2D eigenvalue weighted by Gasteiger charge is -2.27. The lowest BCUT2D eigenvalue weighted by Crippen LogP contribution is -2.38. The lowest BCUT2D eigenvalue weighted by atomic mass is 10.1. The van der Waals surface area contributed by atoms with Crippen LogP contribution in [-0.2, 0) is 22.9 Å². The molecule has 2 heterocycles. The zero-order valence-corrected chi connectivity index (χ0v) is 16.8. The zero-order valence-electron chi connectivity index (χ0n) is 15.0. The largest absolute Gasteiger partial charge is 0.476 e. The Kier molecular flexibility index (Phi) is 7.90. The molecule has 172 valence electrons. The van der Waals surface area contributed by atoms with Crippen molar-refractivity contribution in [3.05, 3.63) is 22.7 Å². The first-order valence-electron chi connectivity index (χ1n) is 8.13. The molecule has 1 saturated heterocycles. The lowest BCUT2D eigenvalue weighted by molar-refractivity contribution is -0.0953. The highest BCUT2D eigenvalue weighted by molar-refractivity contribution is 7.64. The molecule has 0 radical (unpaired) electrons. The predicted octanol–water partition coefficient (Wildman–Crippen LogP) is -3.56. The quantitative estimate of drug-likeness (QED) is 0.160. The summed E-state index contributed by atoms with van der Waals surface area (Å²) in [5.74, 6) is -2.45. The van der Waals surface area contributed by atoms with Crippen LogP contribution in [0.4, 0.5) is 5.82 Å². The standard InChI is InChI=1S/C12H21N3O13P2/c13-7-1-2-15(12(20)14-7)10-9(19)8(18)6(27-10)4-26-11(5(17)3-16)29(21,22)28-30(23,24)25/h1-2,5-6,8-11,16-19H,3-4H2,(H,21,22)(H2,13,14,20)(H2,23,24,25)/t5?,6-,8-,9-,10-,11?/m1/s1. The van der Waals surface area contributed by atoms with Crippen molar-refractivity contribution in [2.24, 2.45) is 0 Å². The van der Waals surface area contributed by atoms with Gasteiger partial charge in [0.05, 0.1) is 13.2 Å². The molecule has 1 aromatic rings. The number of ether oxygens (including phenoxy) is 2. The summed E-state index contributed by atoms with van der Waals surface area (Å²) in [5.41, 5.74) is 4.46. The number of anilines is 1. The van der Waals surface area contributed by atoms with Crippen molar-refractivity contribution >= 4 is 21.2 Å². The number of nitrogen functional groups attached to an aromatic ring is 1. The van der Waals surface area contributed by atoms with Gasteiger partial charge in [0.25, 0.3) is 0 Å². The monoisotopic (exact) mass is 477 g/mol. The van der Waals surface area contributed by atoms with Gasteiger partial charge in [-0.3, -0.25) is 9.13 Å². The average Bonchev–Trinajstić information content (AvgIpc) is 2.88. The van der Waals surface area contributed by atoms with Gasteiger partial charge in [-0.2, -0.15) is 4.98 Å². The van der Waals surface area contributed by atoms with Gasteiger partial charge in [0.1, 0.15) is 30.2 Å². The van der Waals surface area contributed by atoms with Crippen LogP contribution in [0.15, 0.2) is 17.1 Å². The van der Waals surface area contributed by atoms with E-state index in [4.69, 9.17) is 30.1 Å². The number of hydrogen-bond donors (Lipinski definition) is 8. The molecular formula is C12H21N3O13P2. The molecule has 0 aromatic carbocycles. The minimum Gasteiger partial charge on any atom is -0.394 e. The normalized spacial score (nSPS) is 28.8. The summed E-state index contributed by atoms with van der Waals surface area (Å²) in [7, 11) is -10.8. The van der Waals surface area contributed by atoms with Crippen molar-refractivity contribution in [2.45, 2.75) is 36.5 Å². The van der Waals surface area contributed by atoms with E-state index in [9.17, 15) is 34.1 Å². The summed E-state index contributed by atoms with van der Waals surface area (Å²) in [6.07, 6.45) is -7.21. The van der Waals surface area contributed by atoms with Crippen LogP contribution < -0.4 is 11.4 Å². The molecule has 16 nitrogen and oxygen atoms in total. The summed E-state index contributed by atoms with van der Waals surface area (Å²) in [6, 6.07) is 1.22. The number of phosphoric acid groups is 1. The van der Waals surface area contributed by atoms with Gasteiger partial charge >= 0.3 is 21.1 Å². The molecule has 1 aliphatic rings. The molecule has 9 N–H and O–H groups in total. The van der Waals surface area contributed by atoms with Crippen LogP contribution in [0.2, 0.25) is 0 Å². The molecular weight excluding hydrogens is 456 g/mol. The van der Waals surface area contributed by atoms with Crippen LogP contribution >= 0.6 is 15.4 Å². The molecule has 0 aliphatic carbocycles. The minimum atomic E-state index is -5.48. The number of aliphatic hydroxyl groups excluding tert-OH is 4. The zero-order chi connectivity index (χ0) is 22.9. The van der Waals surface area contributed by atoms with Gasteiger partial charge in [0, 0.05) is 6.20 Å². The van der Waals surface area contributed by atoms with Crippen molar-refractivity contribution < 1.29 is 58.0 Å². The molecule has 1 fully saturated rings. The molecule has 1 aliphatic heterocycles. The van der Waals surface area contributed by atoms with Gasteiger partial charge in [0.2, 0.25) is 0 Å². The molecule has 0 bridgehead atoms. The third-order valence-electron chi connectivity index (χ3n) is 3.96. The van der Waals surface area contributed by atoms with Gasteiger partial charge < -0.3 is 50.3 Å². The Morgan fingerprint density at radius 1 is 1.27 bits per heavy atom. The molecule has 0 saturated carbocycles. The summed E-state index contributed by atoms with van der Waals surface area (Å²) in [5, 5.41) is 38.9. The number of rotatable bonds is 9. The van der Waals surface area contributed by atoms with Crippen molar-refractivity contribution in [1.29, 1.82) is 0 Å². The highest BCUT2D eigenvalue weighted by atomic mass is 31.3. The van der Waals surface area contributed by atoms with Gasteiger partial charge in [-0.05, 0) is 6.07 Å². The van der Waals surface area contributed by atoms with Crippen molar-refractivity contribution in [1.82, 2.24) is 9.55 Å². The Balaban J connectivity index is 2.16. The number of aliphatic hydroxyl groups is 4. The van der Waals surface area contributed by atoms with Crippen LogP contribution in [0.25, 0.3) is 0 Å². The number of hydrogen-bond acceptors (Lipinski definition) is 12. The third kappa shape index (κ3) is 5.91. The maximum atomic E-state index is 12.1. The maximum absolute atomic E-state index is 12.1.